The quantitative estimate of drug-likeness (QED) is 0.711. The number of carbonyl (C=O) groups excluding carboxylic acids is 1. The Morgan fingerprint density at radius 3 is 2.67 bits per heavy atom. The van der Waals surface area contributed by atoms with Crippen LogP contribution in [0, 0.1) is 11.3 Å². The van der Waals surface area contributed by atoms with E-state index < -0.39 is 0 Å². The van der Waals surface area contributed by atoms with Crippen LogP contribution < -0.4 is 5.32 Å². The van der Waals surface area contributed by atoms with Gasteiger partial charge in [-0.25, -0.2) is 4.98 Å². The topological polar surface area (TPSA) is 88.5 Å². The van der Waals surface area contributed by atoms with Gasteiger partial charge in [-0.3, -0.25) is 9.48 Å². The normalized spacial score (nSPS) is 17.7. The first-order valence-electron chi connectivity index (χ1n) is 10.5. The van der Waals surface area contributed by atoms with Crippen LogP contribution in [0.5, 0.6) is 0 Å². The number of nitrogens with zero attached hydrogens (tertiary/aromatic N) is 5. The highest BCUT2D eigenvalue weighted by molar-refractivity contribution is 5.96. The van der Waals surface area contributed by atoms with Gasteiger partial charge < -0.3 is 9.88 Å². The van der Waals surface area contributed by atoms with E-state index in [4.69, 9.17) is 10.4 Å². The SMILES string of the molecule is CC(C)n1nc(-c2ccc(C#N)cc2)c(C2CC2)c1C(=O)N[C@@H]1Cc2cncn2C1. The molecule has 1 aliphatic heterocycles. The molecule has 2 aromatic heterocycles. The summed E-state index contributed by atoms with van der Waals surface area (Å²) in [4.78, 5) is 17.6. The van der Waals surface area contributed by atoms with Crippen molar-refractivity contribution in [2.75, 3.05) is 0 Å². The molecule has 1 saturated carbocycles. The Morgan fingerprint density at radius 1 is 1.27 bits per heavy atom. The summed E-state index contributed by atoms with van der Waals surface area (Å²) >= 11 is 0. The maximum Gasteiger partial charge on any atom is 0.270 e. The van der Waals surface area contributed by atoms with Gasteiger partial charge in [0.05, 0.1) is 29.7 Å². The Labute approximate surface area is 175 Å². The summed E-state index contributed by atoms with van der Waals surface area (Å²) in [7, 11) is 0. The van der Waals surface area contributed by atoms with Gasteiger partial charge in [0.1, 0.15) is 5.69 Å². The van der Waals surface area contributed by atoms with Gasteiger partial charge in [0.2, 0.25) is 0 Å². The predicted molar refractivity (Wildman–Crippen MR) is 112 cm³/mol. The molecule has 1 fully saturated rings. The smallest absolute Gasteiger partial charge is 0.270 e. The molecule has 7 nitrogen and oxygen atoms in total. The van der Waals surface area contributed by atoms with E-state index in [1.54, 1.807) is 12.1 Å². The van der Waals surface area contributed by atoms with E-state index in [0.29, 0.717) is 17.2 Å². The maximum atomic E-state index is 13.5. The number of nitriles is 1. The lowest BCUT2D eigenvalue weighted by Gasteiger charge is -2.16. The molecule has 0 unspecified atom stereocenters. The fraction of sp³-hybridized carbons (Fsp3) is 0.391. The number of rotatable bonds is 5. The van der Waals surface area contributed by atoms with Gasteiger partial charge in [0.15, 0.2) is 0 Å². The van der Waals surface area contributed by atoms with Crippen molar-refractivity contribution in [2.45, 2.75) is 57.7 Å². The lowest BCUT2D eigenvalue weighted by Crippen LogP contribution is -2.37. The van der Waals surface area contributed by atoms with Crippen LogP contribution in [-0.4, -0.2) is 31.3 Å². The highest BCUT2D eigenvalue weighted by Crippen LogP contribution is 2.46. The first-order valence-corrected chi connectivity index (χ1v) is 10.5. The summed E-state index contributed by atoms with van der Waals surface area (Å²) in [6.07, 6.45) is 6.63. The molecule has 3 heterocycles. The summed E-state index contributed by atoms with van der Waals surface area (Å²) < 4.78 is 3.96. The number of nitrogens with one attached hydrogen (secondary N) is 1. The Morgan fingerprint density at radius 2 is 2.03 bits per heavy atom. The molecule has 152 valence electrons. The Bertz CT molecular complexity index is 1120. The molecule has 2 aliphatic rings. The largest absolute Gasteiger partial charge is 0.346 e. The molecule has 5 rings (SSSR count). The second kappa shape index (κ2) is 7.13. The number of hydrogen-bond donors (Lipinski definition) is 1. The number of aromatic nitrogens is 4. The van der Waals surface area contributed by atoms with Crippen molar-refractivity contribution in [1.29, 1.82) is 5.26 Å². The molecule has 0 bridgehead atoms. The van der Waals surface area contributed by atoms with Crippen LogP contribution in [0.25, 0.3) is 11.3 Å². The van der Waals surface area contributed by atoms with Crippen LogP contribution in [0.3, 0.4) is 0 Å². The predicted octanol–water partition coefficient (Wildman–Crippen LogP) is 3.43. The Balaban J connectivity index is 1.51. The standard InChI is InChI=1S/C23H24N6O/c1-14(2)29-22(23(30)26-18-9-19-11-25-13-28(19)12-18)20(16-7-8-16)21(27-29)17-5-3-15(10-24)4-6-17/h3-6,11,13-14,16,18H,7-9,12H2,1-2H3,(H,26,30)/t18-/m1/s1. The molecule has 1 atom stereocenters. The first-order chi connectivity index (χ1) is 14.5. The van der Waals surface area contributed by atoms with Crippen molar-refractivity contribution in [1.82, 2.24) is 24.6 Å². The van der Waals surface area contributed by atoms with Gasteiger partial charge in [-0.1, -0.05) is 12.1 Å². The van der Waals surface area contributed by atoms with E-state index in [1.807, 2.05) is 29.3 Å². The first kappa shape index (κ1) is 18.6. The molecule has 0 saturated heterocycles. The van der Waals surface area contributed by atoms with Crippen molar-refractivity contribution < 1.29 is 4.79 Å². The molecule has 0 spiro atoms. The van der Waals surface area contributed by atoms with Crippen molar-refractivity contribution in [3.8, 4) is 17.3 Å². The van der Waals surface area contributed by atoms with Crippen molar-refractivity contribution in [3.63, 3.8) is 0 Å². The minimum atomic E-state index is -0.0540. The van der Waals surface area contributed by atoms with E-state index >= 15 is 0 Å². The van der Waals surface area contributed by atoms with E-state index in [9.17, 15) is 4.79 Å². The third-order valence-corrected chi connectivity index (χ3v) is 5.93. The van der Waals surface area contributed by atoms with Crippen molar-refractivity contribution >= 4 is 5.91 Å². The third-order valence-electron chi connectivity index (χ3n) is 5.93. The number of carbonyl (C=O) groups is 1. The monoisotopic (exact) mass is 400 g/mol. The third kappa shape index (κ3) is 3.18. The molecule has 1 N–H and O–H groups in total. The lowest BCUT2D eigenvalue weighted by atomic mass is 10.0. The average Bonchev–Trinajstić information content (AvgIpc) is 3.17. The Kier molecular flexibility index (Phi) is 4.43. The summed E-state index contributed by atoms with van der Waals surface area (Å²) in [6, 6.07) is 9.76. The van der Waals surface area contributed by atoms with E-state index in [1.165, 1.54) is 0 Å². The molecular formula is C23H24N6O. The molecule has 30 heavy (non-hydrogen) atoms. The molecule has 7 heteroatoms. The lowest BCUT2D eigenvalue weighted by molar-refractivity contribution is 0.0922. The average molecular weight is 400 g/mol. The zero-order valence-corrected chi connectivity index (χ0v) is 17.2. The van der Waals surface area contributed by atoms with Gasteiger partial charge in [0.25, 0.3) is 5.91 Å². The van der Waals surface area contributed by atoms with Crippen LogP contribution in [0.1, 0.15) is 66.0 Å². The van der Waals surface area contributed by atoms with Crippen molar-refractivity contribution in [3.05, 3.63) is 59.3 Å². The number of amides is 1. The van der Waals surface area contributed by atoms with Crippen LogP contribution in [0.2, 0.25) is 0 Å². The number of hydrogen-bond acceptors (Lipinski definition) is 4. The summed E-state index contributed by atoms with van der Waals surface area (Å²) in [5.74, 6) is 0.312. The second-order valence-corrected chi connectivity index (χ2v) is 8.52. The van der Waals surface area contributed by atoms with Crippen LogP contribution in [-0.2, 0) is 13.0 Å². The van der Waals surface area contributed by atoms with Gasteiger partial charge in [0, 0.05) is 42.0 Å². The van der Waals surface area contributed by atoms with Gasteiger partial charge in [-0.2, -0.15) is 10.4 Å². The number of imidazole rings is 1. The van der Waals surface area contributed by atoms with Crippen molar-refractivity contribution in [2.24, 2.45) is 0 Å². The van der Waals surface area contributed by atoms with Gasteiger partial charge in [-0.15, -0.1) is 0 Å². The molecule has 0 radical (unpaired) electrons. The molecule has 3 aromatic rings. The highest BCUT2D eigenvalue weighted by atomic mass is 16.2. The van der Waals surface area contributed by atoms with Gasteiger partial charge in [-0.05, 0) is 44.7 Å². The van der Waals surface area contributed by atoms with Crippen LogP contribution in [0.15, 0.2) is 36.8 Å². The molecule has 1 aliphatic carbocycles. The summed E-state index contributed by atoms with van der Waals surface area (Å²) in [6.45, 7) is 4.85. The molecular weight excluding hydrogens is 376 g/mol. The van der Waals surface area contributed by atoms with E-state index in [-0.39, 0.29) is 18.0 Å². The van der Waals surface area contributed by atoms with E-state index in [2.05, 4.69) is 34.8 Å². The number of benzene rings is 1. The highest BCUT2D eigenvalue weighted by Gasteiger charge is 2.37. The fourth-order valence-corrected chi connectivity index (χ4v) is 4.31. The minimum Gasteiger partial charge on any atom is -0.346 e. The zero-order valence-electron chi connectivity index (χ0n) is 17.2. The summed E-state index contributed by atoms with van der Waals surface area (Å²) in [5, 5.41) is 17.2. The zero-order chi connectivity index (χ0) is 20.8. The second-order valence-electron chi connectivity index (χ2n) is 8.52. The minimum absolute atomic E-state index is 0.0540. The fourth-order valence-electron chi connectivity index (χ4n) is 4.31. The molecule has 1 aromatic carbocycles. The van der Waals surface area contributed by atoms with E-state index in [0.717, 1.165) is 48.3 Å². The maximum absolute atomic E-state index is 13.5. The Hall–Kier alpha value is -3.40. The summed E-state index contributed by atoms with van der Waals surface area (Å²) in [5.41, 5.74) is 5.31. The van der Waals surface area contributed by atoms with Crippen LogP contribution in [0.4, 0.5) is 0 Å². The van der Waals surface area contributed by atoms with Crippen LogP contribution >= 0.6 is 0 Å². The molecule has 1 amide bonds. The van der Waals surface area contributed by atoms with Gasteiger partial charge >= 0.3 is 0 Å². The number of fused-ring (bicyclic) bond motifs is 1.